The van der Waals surface area contributed by atoms with Crippen LogP contribution in [0.1, 0.15) is 17.5 Å². The molecule has 13 heavy (non-hydrogen) atoms. The summed E-state index contributed by atoms with van der Waals surface area (Å²) < 4.78 is 5.11. The van der Waals surface area contributed by atoms with Crippen molar-refractivity contribution in [3.63, 3.8) is 0 Å². The van der Waals surface area contributed by atoms with E-state index in [4.69, 9.17) is 4.74 Å². The highest BCUT2D eigenvalue weighted by Crippen LogP contribution is 2.24. The van der Waals surface area contributed by atoms with Crippen molar-refractivity contribution in [3.05, 3.63) is 35.4 Å². The van der Waals surface area contributed by atoms with E-state index in [9.17, 15) is 4.79 Å². The Balaban J connectivity index is 2.49. The van der Waals surface area contributed by atoms with E-state index in [2.05, 4.69) is 0 Å². The van der Waals surface area contributed by atoms with Crippen molar-refractivity contribution in [1.82, 2.24) is 0 Å². The first-order chi connectivity index (χ1) is 6.25. The second-order valence-corrected chi connectivity index (χ2v) is 3.12. The number of rotatable bonds is 0. The Morgan fingerprint density at radius 3 is 3.08 bits per heavy atom. The minimum absolute atomic E-state index is 0.196. The predicted octanol–water partition coefficient (Wildman–Crippen LogP) is 2.32. The Hall–Kier alpha value is -1.57. The van der Waals surface area contributed by atoms with Crippen LogP contribution in [0.25, 0.3) is 6.08 Å². The van der Waals surface area contributed by atoms with E-state index in [1.807, 2.05) is 37.3 Å². The predicted molar refractivity (Wildman–Crippen MR) is 50.5 cm³/mol. The van der Waals surface area contributed by atoms with Crippen molar-refractivity contribution < 1.29 is 9.53 Å². The minimum Gasteiger partial charge on any atom is -0.426 e. The van der Waals surface area contributed by atoms with Crippen molar-refractivity contribution in [2.75, 3.05) is 0 Å². The Morgan fingerprint density at radius 1 is 1.38 bits per heavy atom. The van der Waals surface area contributed by atoms with Gasteiger partial charge in [0.1, 0.15) is 5.75 Å². The maximum Gasteiger partial charge on any atom is 0.315 e. The molecule has 0 radical (unpaired) electrons. The fourth-order valence-electron chi connectivity index (χ4n) is 1.34. The van der Waals surface area contributed by atoms with E-state index in [1.54, 1.807) is 0 Å². The zero-order valence-electron chi connectivity index (χ0n) is 7.41. The average Bonchev–Trinajstić information content (AvgIpc) is 2.25. The summed E-state index contributed by atoms with van der Waals surface area (Å²) in [5.74, 6) is 0.461. The molecule has 0 aromatic heterocycles. The molecule has 2 heteroatoms. The highest BCUT2D eigenvalue weighted by atomic mass is 16.5. The average molecular weight is 174 g/mol. The van der Waals surface area contributed by atoms with Gasteiger partial charge in [-0.3, -0.25) is 4.79 Å². The fourth-order valence-corrected chi connectivity index (χ4v) is 1.34. The van der Waals surface area contributed by atoms with Gasteiger partial charge in [-0.05, 0) is 19.1 Å². The maximum atomic E-state index is 11.1. The molecule has 1 aliphatic rings. The van der Waals surface area contributed by atoms with Crippen molar-refractivity contribution >= 4 is 12.0 Å². The third-order valence-corrected chi connectivity index (χ3v) is 1.97. The molecule has 0 saturated carbocycles. The van der Waals surface area contributed by atoms with Gasteiger partial charge < -0.3 is 4.74 Å². The molecular formula is C11H10O2. The lowest BCUT2D eigenvalue weighted by molar-refractivity contribution is -0.133. The first kappa shape index (κ1) is 8.05. The smallest absolute Gasteiger partial charge is 0.315 e. The standard InChI is InChI=1S/C11H10O2/c1-8-5-6-10-9(7-8)3-2-4-11(12)13-10/h2-3,5-7H,4H2,1H3. The first-order valence-electron chi connectivity index (χ1n) is 4.23. The van der Waals surface area contributed by atoms with Gasteiger partial charge in [0.2, 0.25) is 0 Å². The van der Waals surface area contributed by atoms with Gasteiger partial charge >= 0.3 is 5.97 Å². The van der Waals surface area contributed by atoms with Crippen LogP contribution < -0.4 is 4.74 Å². The first-order valence-corrected chi connectivity index (χ1v) is 4.23. The van der Waals surface area contributed by atoms with Crippen molar-refractivity contribution in [1.29, 1.82) is 0 Å². The van der Waals surface area contributed by atoms with Gasteiger partial charge in [0, 0.05) is 5.56 Å². The molecule has 2 nitrogen and oxygen atoms in total. The Morgan fingerprint density at radius 2 is 2.23 bits per heavy atom. The Kier molecular flexibility index (Phi) is 1.89. The van der Waals surface area contributed by atoms with Gasteiger partial charge in [0.25, 0.3) is 0 Å². The van der Waals surface area contributed by atoms with E-state index in [1.165, 1.54) is 5.56 Å². The third kappa shape index (κ3) is 1.61. The van der Waals surface area contributed by atoms with Crippen LogP contribution in [0.15, 0.2) is 24.3 Å². The third-order valence-electron chi connectivity index (χ3n) is 1.97. The van der Waals surface area contributed by atoms with Crippen LogP contribution in [-0.4, -0.2) is 5.97 Å². The number of esters is 1. The number of carbonyl (C=O) groups excluding carboxylic acids is 1. The van der Waals surface area contributed by atoms with Gasteiger partial charge in [-0.2, -0.15) is 0 Å². The summed E-state index contributed by atoms with van der Waals surface area (Å²) in [6.45, 7) is 2.01. The minimum atomic E-state index is -0.196. The number of hydrogen-bond donors (Lipinski definition) is 0. The molecule has 0 fully saturated rings. The van der Waals surface area contributed by atoms with E-state index in [0.29, 0.717) is 12.2 Å². The van der Waals surface area contributed by atoms with Crippen molar-refractivity contribution in [2.45, 2.75) is 13.3 Å². The van der Waals surface area contributed by atoms with Gasteiger partial charge in [-0.15, -0.1) is 0 Å². The van der Waals surface area contributed by atoms with Crippen LogP contribution >= 0.6 is 0 Å². The molecule has 0 unspecified atom stereocenters. The summed E-state index contributed by atoms with van der Waals surface area (Å²) >= 11 is 0. The summed E-state index contributed by atoms with van der Waals surface area (Å²) in [7, 11) is 0. The second-order valence-electron chi connectivity index (χ2n) is 3.12. The summed E-state index contributed by atoms with van der Waals surface area (Å²) in [5.41, 5.74) is 2.15. The fraction of sp³-hybridized carbons (Fsp3) is 0.182. The van der Waals surface area contributed by atoms with Crippen molar-refractivity contribution in [2.24, 2.45) is 0 Å². The van der Waals surface area contributed by atoms with Crippen LogP contribution in [0.5, 0.6) is 5.75 Å². The molecule has 1 aromatic rings. The summed E-state index contributed by atoms with van der Waals surface area (Å²) in [6, 6.07) is 5.77. The lowest BCUT2D eigenvalue weighted by Crippen LogP contribution is -2.05. The number of carbonyl (C=O) groups is 1. The topological polar surface area (TPSA) is 26.3 Å². The van der Waals surface area contributed by atoms with Gasteiger partial charge in [-0.25, -0.2) is 0 Å². The molecule has 0 saturated heterocycles. The number of hydrogen-bond acceptors (Lipinski definition) is 2. The normalized spacial score (nSPS) is 14.7. The summed E-state index contributed by atoms with van der Waals surface area (Å²) in [6.07, 6.45) is 4.11. The summed E-state index contributed by atoms with van der Waals surface area (Å²) in [5, 5.41) is 0. The van der Waals surface area contributed by atoms with Gasteiger partial charge in [-0.1, -0.05) is 23.8 Å². The highest BCUT2D eigenvalue weighted by molar-refractivity contribution is 5.79. The molecule has 1 aromatic carbocycles. The van der Waals surface area contributed by atoms with Crippen molar-refractivity contribution in [3.8, 4) is 5.75 Å². The molecule has 0 N–H and O–H groups in total. The number of ether oxygens (including phenoxy) is 1. The van der Waals surface area contributed by atoms with Crippen LogP contribution in [-0.2, 0) is 4.79 Å². The lowest BCUT2D eigenvalue weighted by atomic mass is 10.1. The Bertz CT molecular complexity index is 378. The molecular weight excluding hydrogens is 164 g/mol. The van der Waals surface area contributed by atoms with E-state index >= 15 is 0 Å². The van der Waals surface area contributed by atoms with Crippen LogP contribution in [0.4, 0.5) is 0 Å². The molecule has 0 bridgehead atoms. The van der Waals surface area contributed by atoms with Gasteiger partial charge in [0.15, 0.2) is 0 Å². The highest BCUT2D eigenvalue weighted by Gasteiger charge is 2.09. The maximum absolute atomic E-state index is 11.1. The molecule has 1 aliphatic heterocycles. The Labute approximate surface area is 76.8 Å². The second kappa shape index (κ2) is 3.05. The van der Waals surface area contributed by atoms with Crippen LogP contribution in [0.2, 0.25) is 0 Å². The van der Waals surface area contributed by atoms with Crippen LogP contribution in [0.3, 0.4) is 0 Å². The monoisotopic (exact) mass is 174 g/mol. The SMILES string of the molecule is Cc1ccc2c(c1)C=CCC(=O)O2. The zero-order chi connectivity index (χ0) is 9.26. The van der Waals surface area contributed by atoms with Gasteiger partial charge in [0.05, 0.1) is 6.42 Å². The zero-order valence-corrected chi connectivity index (χ0v) is 7.41. The molecule has 0 amide bonds. The molecule has 66 valence electrons. The number of aryl methyl sites for hydroxylation is 1. The molecule has 0 atom stereocenters. The summed E-state index contributed by atoms with van der Waals surface area (Å²) in [4.78, 5) is 11.1. The number of benzene rings is 1. The van der Waals surface area contributed by atoms with E-state index in [0.717, 1.165) is 5.56 Å². The molecule has 0 spiro atoms. The quantitative estimate of drug-likeness (QED) is 0.445. The van der Waals surface area contributed by atoms with E-state index < -0.39 is 0 Å². The molecule has 0 aliphatic carbocycles. The van der Waals surface area contributed by atoms with Crippen LogP contribution in [0, 0.1) is 6.92 Å². The molecule has 1 heterocycles. The lowest BCUT2D eigenvalue weighted by Gasteiger charge is -2.04. The number of fused-ring (bicyclic) bond motifs is 1. The molecule has 2 rings (SSSR count). The largest absolute Gasteiger partial charge is 0.426 e. The van der Waals surface area contributed by atoms with E-state index in [-0.39, 0.29) is 5.97 Å².